The fourth-order valence-corrected chi connectivity index (χ4v) is 3.94. The van der Waals surface area contributed by atoms with Crippen LogP contribution in [0.15, 0.2) is 24.1 Å². The summed E-state index contributed by atoms with van der Waals surface area (Å²) in [5, 5.41) is 2.18. The number of ether oxygens (including phenoxy) is 2. The molecule has 0 bridgehead atoms. The number of rotatable bonds is 5. The van der Waals surface area contributed by atoms with Gasteiger partial charge in [-0.15, -0.1) is 17.9 Å². The molecular weight excluding hydrogens is 232 g/mol. The molecule has 1 aliphatic rings. The highest BCUT2D eigenvalue weighted by Crippen LogP contribution is 2.45. The molecule has 0 radical (unpaired) electrons. The van der Waals surface area contributed by atoms with Crippen molar-refractivity contribution in [1.29, 1.82) is 0 Å². The van der Waals surface area contributed by atoms with E-state index in [4.69, 9.17) is 9.47 Å². The van der Waals surface area contributed by atoms with E-state index < -0.39 is 0 Å². The van der Waals surface area contributed by atoms with Gasteiger partial charge in [-0.05, 0) is 29.9 Å². The van der Waals surface area contributed by atoms with Crippen molar-refractivity contribution in [2.45, 2.75) is 18.8 Å². The smallest absolute Gasteiger partial charge is 0.0544 e. The first-order chi connectivity index (χ1) is 8.24. The van der Waals surface area contributed by atoms with Crippen molar-refractivity contribution >= 4 is 11.3 Å². The molecule has 2 rings (SSSR count). The Morgan fingerprint density at radius 1 is 1.47 bits per heavy atom. The lowest BCUT2D eigenvalue weighted by Crippen LogP contribution is -2.38. The molecule has 0 N–H and O–H groups in total. The van der Waals surface area contributed by atoms with Crippen molar-refractivity contribution in [3.8, 4) is 0 Å². The summed E-state index contributed by atoms with van der Waals surface area (Å²) in [6.07, 6.45) is 4.19. The lowest BCUT2D eigenvalue weighted by Gasteiger charge is -2.39. The fraction of sp³-hybridized carbons (Fsp3) is 0.571. The summed E-state index contributed by atoms with van der Waals surface area (Å²) < 4.78 is 10.8. The van der Waals surface area contributed by atoms with E-state index in [2.05, 4.69) is 24.1 Å². The summed E-state index contributed by atoms with van der Waals surface area (Å²) in [5.41, 5.74) is 1.55. The van der Waals surface area contributed by atoms with Crippen LogP contribution in [0.3, 0.4) is 0 Å². The highest BCUT2D eigenvalue weighted by molar-refractivity contribution is 7.10. The highest BCUT2D eigenvalue weighted by Gasteiger charge is 2.39. The fourth-order valence-electron chi connectivity index (χ4n) is 2.92. The minimum absolute atomic E-state index is 0.108. The molecule has 3 heteroatoms. The van der Waals surface area contributed by atoms with Crippen molar-refractivity contribution in [1.82, 2.24) is 0 Å². The van der Waals surface area contributed by atoms with E-state index in [0.717, 1.165) is 26.1 Å². The topological polar surface area (TPSA) is 18.5 Å². The molecule has 0 spiro atoms. The van der Waals surface area contributed by atoms with Gasteiger partial charge in [0.25, 0.3) is 0 Å². The second kappa shape index (κ2) is 5.34. The lowest BCUT2D eigenvalue weighted by molar-refractivity contribution is -0.00124. The summed E-state index contributed by atoms with van der Waals surface area (Å²) in [6.45, 7) is 5.47. The molecule has 2 nitrogen and oxygen atoms in total. The molecule has 1 unspecified atom stereocenters. The average Bonchev–Trinajstić information content (AvgIpc) is 2.76. The van der Waals surface area contributed by atoms with Gasteiger partial charge >= 0.3 is 0 Å². The first kappa shape index (κ1) is 12.8. The van der Waals surface area contributed by atoms with Crippen molar-refractivity contribution in [2.75, 3.05) is 27.4 Å². The Hall–Kier alpha value is -0.640. The third kappa shape index (κ3) is 2.46. The molecule has 1 heterocycles. The molecule has 0 aliphatic heterocycles. The van der Waals surface area contributed by atoms with Gasteiger partial charge < -0.3 is 9.47 Å². The molecular formula is C14H20O2S. The van der Waals surface area contributed by atoms with Gasteiger partial charge in [-0.2, -0.15) is 0 Å². The molecule has 1 aliphatic carbocycles. The van der Waals surface area contributed by atoms with Gasteiger partial charge in [0, 0.05) is 30.4 Å². The van der Waals surface area contributed by atoms with Gasteiger partial charge in [0.15, 0.2) is 0 Å². The second-order valence-electron chi connectivity index (χ2n) is 4.90. The number of fused-ring (bicyclic) bond motifs is 1. The first-order valence-corrected chi connectivity index (χ1v) is 6.79. The van der Waals surface area contributed by atoms with Gasteiger partial charge in [-0.1, -0.05) is 6.08 Å². The number of methoxy groups -OCH3 is 2. The molecule has 0 aromatic carbocycles. The molecule has 0 amide bonds. The SMILES string of the molecule is C=CC1CC(COC)(COC)Cc2ccsc21. The maximum absolute atomic E-state index is 5.41. The third-order valence-electron chi connectivity index (χ3n) is 3.52. The van der Waals surface area contributed by atoms with Crippen LogP contribution in [0.5, 0.6) is 0 Å². The van der Waals surface area contributed by atoms with E-state index in [0.29, 0.717) is 5.92 Å². The molecule has 0 fully saturated rings. The van der Waals surface area contributed by atoms with Crippen LogP contribution in [-0.4, -0.2) is 27.4 Å². The van der Waals surface area contributed by atoms with Gasteiger partial charge in [0.05, 0.1) is 13.2 Å². The highest BCUT2D eigenvalue weighted by atomic mass is 32.1. The Labute approximate surface area is 107 Å². The molecule has 1 aromatic rings. The van der Waals surface area contributed by atoms with Crippen LogP contribution in [0, 0.1) is 5.41 Å². The Balaban J connectivity index is 2.30. The van der Waals surface area contributed by atoms with E-state index in [1.54, 1.807) is 14.2 Å². The maximum Gasteiger partial charge on any atom is 0.0544 e. The van der Waals surface area contributed by atoms with E-state index >= 15 is 0 Å². The van der Waals surface area contributed by atoms with Crippen LogP contribution in [0.25, 0.3) is 0 Å². The number of thiophene rings is 1. The number of hydrogen-bond donors (Lipinski definition) is 0. The maximum atomic E-state index is 5.41. The molecule has 17 heavy (non-hydrogen) atoms. The molecule has 94 valence electrons. The molecule has 1 atom stereocenters. The molecule has 1 aromatic heterocycles. The van der Waals surface area contributed by atoms with Crippen molar-refractivity contribution < 1.29 is 9.47 Å². The molecule has 0 saturated carbocycles. The zero-order valence-corrected chi connectivity index (χ0v) is 11.4. The molecule has 0 saturated heterocycles. The first-order valence-electron chi connectivity index (χ1n) is 5.91. The quantitative estimate of drug-likeness (QED) is 0.749. The zero-order valence-electron chi connectivity index (χ0n) is 10.6. The lowest BCUT2D eigenvalue weighted by atomic mass is 9.70. The number of hydrogen-bond acceptors (Lipinski definition) is 3. The van der Waals surface area contributed by atoms with E-state index in [-0.39, 0.29) is 5.41 Å². The van der Waals surface area contributed by atoms with Crippen LogP contribution >= 0.6 is 11.3 Å². The van der Waals surface area contributed by atoms with Crippen LogP contribution in [0.2, 0.25) is 0 Å². The minimum Gasteiger partial charge on any atom is -0.384 e. The van der Waals surface area contributed by atoms with Crippen LogP contribution in [-0.2, 0) is 15.9 Å². The van der Waals surface area contributed by atoms with Crippen molar-refractivity contribution in [2.24, 2.45) is 5.41 Å². The van der Waals surface area contributed by atoms with E-state index in [1.165, 1.54) is 10.4 Å². The predicted octanol–water partition coefficient (Wildman–Crippen LogP) is 3.24. The summed E-state index contributed by atoms with van der Waals surface area (Å²) >= 11 is 1.84. The summed E-state index contributed by atoms with van der Waals surface area (Å²) in [7, 11) is 3.53. The van der Waals surface area contributed by atoms with Crippen molar-refractivity contribution in [3.63, 3.8) is 0 Å². The van der Waals surface area contributed by atoms with Gasteiger partial charge in [0.1, 0.15) is 0 Å². The second-order valence-corrected chi connectivity index (χ2v) is 5.85. The van der Waals surface area contributed by atoms with E-state index in [9.17, 15) is 0 Å². The minimum atomic E-state index is 0.108. The third-order valence-corrected chi connectivity index (χ3v) is 4.61. The van der Waals surface area contributed by atoms with Gasteiger partial charge in [-0.3, -0.25) is 0 Å². The van der Waals surface area contributed by atoms with Crippen molar-refractivity contribution in [3.05, 3.63) is 34.5 Å². The Kier molecular flexibility index (Phi) is 4.02. The van der Waals surface area contributed by atoms with Crippen LogP contribution < -0.4 is 0 Å². The average molecular weight is 252 g/mol. The van der Waals surface area contributed by atoms with Crippen LogP contribution in [0.1, 0.15) is 22.8 Å². The standard InChI is InChI=1S/C14H20O2S/c1-4-11-7-14(9-15-2,10-16-3)8-12-5-6-17-13(11)12/h4-6,11H,1,7-10H2,2-3H3. The van der Waals surface area contributed by atoms with E-state index in [1.807, 2.05) is 11.3 Å². The Morgan fingerprint density at radius 2 is 2.18 bits per heavy atom. The summed E-state index contributed by atoms with van der Waals surface area (Å²) in [5.74, 6) is 0.448. The predicted molar refractivity (Wildman–Crippen MR) is 71.8 cm³/mol. The zero-order chi connectivity index (χ0) is 12.3. The van der Waals surface area contributed by atoms with Crippen LogP contribution in [0.4, 0.5) is 0 Å². The normalized spacial score (nSPS) is 22.1. The summed E-state index contributed by atoms with van der Waals surface area (Å²) in [6, 6.07) is 2.23. The largest absolute Gasteiger partial charge is 0.384 e. The van der Waals surface area contributed by atoms with Gasteiger partial charge in [0.2, 0.25) is 0 Å². The Morgan fingerprint density at radius 3 is 2.76 bits per heavy atom. The van der Waals surface area contributed by atoms with Gasteiger partial charge in [-0.25, -0.2) is 0 Å². The number of allylic oxidation sites excluding steroid dienone is 1. The monoisotopic (exact) mass is 252 g/mol. The summed E-state index contributed by atoms with van der Waals surface area (Å²) in [4.78, 5) is 1.47. The Bertz CT molecular complexity index is 377.